The van der Waals surface area contributed by atoms with Crippen molar-refractivity contribution in [3.63, 3.8) is 0 Å². The Labute approximate surface area is 143 Å². The lowest BCUT2D eigenvalue weighted by Crippen LogP contribution is -2.30. The van der Waals surface area contributed by atoms with Gasteiger partial charge in [0.05, 0.1) is 0 Å². The Morgan fingerprint density at radius 2 is 1.74 bits per heavy atom. The van der Waals surface area contributed by atoms with Crippen LogP contribution in [0.1, 0.15) is 37.3 Å². The van der Waals surface area contributed by atoms with E-state index < -0.39 is 0 Å². The van der Waals surface area contributed by atoms with Crippen LogP contribution in [0.4, 0.5) is 10.1 Å². The van der Waals surface area contributed by atoms with Gasteiger partial charge < -0.3 is 10.6 Å². The van der Waals surface area contributed by atoms with Gasteiger partial charge in [-0.25, -0.2) is 4.39 Å². The predicted molar refractivity (Wildman–Crippen MR) is 99.5 cm³/mol. The van der Waals surface area contributed by atoms with Crippen molar-refractivity contribution in [1.29, 1.82) is 0 Å². The van der Waals surface area contributed by atoms with Crippen LogP contribution in [0.25, 0.3) is 0 Å². The zero-order valence-corrected chi connectivity index (χ0v) is 14.4. The first kappa shape index (κ1) is 17.4. The second-order valence-electron chi connectivity index (χ2n) is 5.69. The van der Waals surface area contributed by atoms with E-state index in [0.717, 1.165) is 24.1 Å². The molecule has 0 spiro atoms. The molecule has 2 aromatic rings. The summed E-state index contributed by atoms with van der Waals surface area (Å²) in [4.78, 5) is 0. The number of anilines is 1. The van der Waals surface area contributed by atoms with E-state index in [1.807, 2.05) is 0 Å². The summed E-state index contributed by atoms with van der Waals surface area (Å²) in [6.45, 7) is 5.13. The van der Waals surface area contributed by atoms with Gasteiger partial charge in [0.25, 0.3) is 0 Å². The molecule has 0 aliphatic rings. The summed E-state index contributed by atoms with van der Waals surface area (Å²) in [5, 5.41) is 6.95. The fraction of sp³-hybridized carbons (Fsp3) is 0.316. The SMILES string of the molecule is CCC(C)c1ccc(NC(=S)NCCc2ccc(F)cc2)cc1. The summed E-state index contributed by atoms with van der Waals surface area (Å²) in [6, 6.07) is 14.9. The van der Waals surface area contributed by atoms with Gasteiger partial charge in [0.2, 0.25) is 0 Å². The molecule has 0 saturated heterocycles. The Hall–Kier alpha value is -1.94. The molecule has 2 rings (SSSR count). The van der Waals surface area contributed by atoms with Gasteiger partial charge in [0.15, 0.2) is 5.11 Å². The van der Waals surface area contributed by atoms with E-state index in [4.69, 9.17) is 12.2 Å². The highest BCUT2D eigenvalue weighted by Gasteiger charge is 2.03. The van der Waals surface area contributed by atoms with Crippen LogP contribution < -0.4 is 10.6 Å². The lowest BCUT2D eigenvalue weighted by molar-refractivity contribution is 0.627. The lowest BCUT2D eigenvalue weighted by Gasteiger charge is -2.13. The molecular formula is C19H23FN2S. The van der Waals surface area contributed by atoms with Crippen molar-refractivity contribution >= 4 is 23.0 Å². The van der Waals surface area contributed by atoms with Gasteiger partial charge in [0.1, 0.15) is 5.82 Å². The molecular weight excluding hydrogens is 307 g/mol. The minimum atomic E-state index is -0.209. The number of halogens is 1. The molecule has 0 saturated carbocycles. The van der Waals surface area contributed by atoms with Crippen LogP contribution >= 0.6 is 12.2 Å². The number of benzene rings is 2. The molecule has 0 fully saturated rings. The second kappa shape index (κ2) is 8.63. The highest BCUT2D eigenvalue weighted by Crippen LogP contribution is 2.20. The van der Waals surface area contributed by atoms with E-state index in [9.17, 15) is 4.39 Å². The monoisotopic (exact) mass is 330 g/mol. The molecule has 4 heteroatoms. The first-order valence-electron chi connectivity index (χ1n) is 7.97. The summed E-state index contributed by atoms with van der Waals surface area (Å²) < 4.78 is 12.8. The zero-order chi connectivity index (χ0) is 16.7. The van der Waals surface area contributed by atoms with Gasteiger partial charge in [-0.3, -0.25) is 0 Å². The topological polar surface area (TPSA) is 24.1 Å². The molecule has 0 aliphatic heterocycles. The van der Waals surface area contributed by atoms with Crippen molar-refractivity contribution in [2.24, 2.45) is 0 Å². The molecule has 2 N–H and O–H groups in total. The molecule has 0 radical (unpaired) electrons. The summed E-state index contributed by atoms with van der Waals surface area (Å²) in [6.07, 6.45) is 1.94. The maximum atomic E-state index is 12.8. The van der Waals surface area contributed by atoms with E-state index in [-0.39, 0.29) is 5.82 Å². The Morgan fingerprint density at radius 3 is 2.35 bits per heavy atom. The normalized spacial score (nSPS) is 11.8. The minimum Gasteiger partial charge on any atom is -0.362 e. The van der Waals surface area contributed by atoms with E-state index in [0.29, 0.717) is 17.6 Å². The van der Waals surface area contributed by atoms with Crippen LogP contribution in [0, 0.1) is 5.82 Å². The third-order valence-electron chi connectivity index (χ3n) is 3.96. The van der Waals surface area contributed by atoms with Crippen molar-refractivity contribution in [3.05, 3.63) is 65.5 Å². The first-order valence-corrected chi connectivity index (χ1v) is 8.38. The molecule has 0 bridgehead atoms. The minimum absolute atomic E-state index is 0.209. The third kappa shape index (κ3) is 5.64. The van der Waals surface area contributed by atoms with Gasteiger partial charge in [-0.05, 0) is 66.4 Å². The van der Waals surface area contributed by atoms with Crippen molar-refractivity contribution in [3.8, 4) is 0 Å². The van der Waals surface area contributed by atoms with Crippen LogP contribution in [-0.4, -0.2) is 11.7 Å². The Kier molecular flexibility index (Phi) is 6.53. The number of hydrogen-bond acceptors (Lipinski definition) is 1. The van der Waals surface area contributed by atoms with E-state index in [1.54, 1.807) is 12.1 Å². The molecule has 0 aliphatic carbocycles. The third-order valence-corrected chi connectivity index (χ3v) is 4.21. The summed E-state index contributed by atoms with van der Waals surface area (Å²) in [7, 11) is 0. The maximum absolute atomic E-state index is 12.8. The quantitative estimate of drug-likeness (QED) is 0.739. The predicted octanol–water partition coefficient (Wildman–Crippen LogP) is 4.87. The van der Waals surface area contributed by atoms with Crippen LogP contribution in [0.15, 0.2) is 48.5 Å². The van der Waals surface area contributed by atoms with Gasteiger partial charge in [-0.15, -0.1) is 0 Å². The van der Waals surface area contributed by atoms with Crippen LogP contribution in [0.2, 0.25) is 0 Å². The van der Waals surface area contributed by atoms with E-state index in [2.05, 4.69) is 48.7 Å². The summed E-state index contributed by atoms with van der Waals surface area (Å²) in [5.41, 5.74) is 3.41. The van der Waals surface area contributed by atoms with Crippen LogP contribution in [0.3, 0.4) is 0 Å². The maximum Gasteiger partial charge on any atom is 0.170 e. The molecule has 1 atom stereocenters. The fourth-order valence-corrected chi connectivity index (χ4v) is 2.50. The highest BCUT2D eigenvalue weighted by atomic mass is 32.1. The molecule has 23 heavy (non-hydrogen) atoms. The van der Waals surface area contributed by atoms with E-state index >= 15 is 0 Å². The molecule has 0 aromatic heterocycles. The summed E-state index contributed by atoms with van der Waals surface area (Å²) in [5.74, 6) is 0.365. The highest BCUT2D eigenvalue weighted by molar-refractivity contribution is 7.80. The number of rotatable bonds is 6. The summed E-state index contributed by atoms with van der Waals surface area (Å²) >= 11 is 5.30. The molecule has 122 valence electrons. The Morgan fingerprint density at radius 1 is 1.09 bits per heavy atom. The Balaban J connectivity index is 1.77. The average Bonchev–Trinajstić information content (AvgIpc) is 2.56. The Bertz CT molecular complexity index is 623. The average molecular weight is 330 g/mol. The van der Waals surface area contributed by atoms with Crippen LogP contribution in [0.5, 0.6) is 0 Å². The number of thiocarbonyl (C=S) groups is 1. The second-order valence-corrected chi connectivity index (χ2v) is 6.10. The molecule has 1 unspecified atom stereocenters. The fourth-order valence-electron chi connectivity index (χ4n) is 2.28. The van der Waals surface area contributed by atoms with Crippen molar-refractivity contribution in [2.45, 2.75) is 32.6 Å². The van der Waals surface area contributed by atoms with Crippen molar-refractivity contribution in [2.75, 3.05) is 11.9 Å². The van der Waals surface area contributed by atoms with Crippen LogP contribution in [-0.2, 0) is 6.42 Å². The smallest absolute Gasteiger partial charge is 0.170 e. The molecule has 0 heterocycles. The molecule has 0 amide bonds. The van der Waals surface area contributed by atoms with E-state index in [1.165, 1.54) is 17.7 Å². The molecule has 2 aromatic carbocycles. The zero-order valence-electron chi connectivity index (χ0n) is 13.6. The first-order chi connectivity index (χ1) is 11.1. The molecule has 2 nitrogen and oxygen atoms in total. The van der Waals surface area contributed by atoms with Gasteiger partial charge >= 0.3 is 0 Å². The lowest BCUT2D eigenvalue weighted by atomic mass is 9.99. The van der Waals surface area contributed by atoms with Gasteiger partial charge in [0, 0.05) is 12.2 Å². The standard InChI is InChI=1S/C19H23FN2S/c1-3-14(2)16-6-10-18(11-7-16)22-19(23)21-13-12-15-4-8-17(20)9-5-15/h4-11,14H,3,12-13H2,1-2H3,(H2,21,22,23). The van der Waals surface area contributed by atoms with Gasteiger partial charge in [-0.1, -0.05) is 38.1 Å². The van der Waals surface area contributed by atoms with Crippen molar-refractivity contribution < 1.29 is 4.39 Å². The van der Waals surface area contributed by atoms with Gasteiger partial charge in [-0.2, -0.15) is 0 Å². The van der Waals surface area contributed by atoms with Crippen molar-refractivity contribution in [1.82, 2.24) is 5.32 Å². The number of nitrogens with one attached hydrogen (secondary N) is 2. The largest absolute Gasteiger partial charge is 0.362 e. The number of hydrogen-bond donors (Lipinski definition) is 2.